The van der Waals surface area contributed by atoms with Gasteiger partial charge in [-0.1, -0.05) is 13.0 Å². The van der Waals surface area contributed by atoms with Crippen LogP contribution in [-0.2, 0) is 0 Å². The third-order valence-corrected chi connectivity index (χ3v) is 2.89. The van der Waals surface area contributed by atoms with E-state index in [9.17, 15) is 0 Å². The van der Waals surface area contributed by atoms with Crippen LogP contribution in [0.4, 0.5) is 0 Å². The van der Waals surface area contributed by atoms with E-state index in [1.807, 2.05) is 12.3 Å². The van der Waals surface area contributed by atoms with E-state index in [2.05, 4.69) is 34.3 Å². The van der Waals surface area contributed by atoms with Gasteiger partial charge in [0.25, 0.3) is 0 Å². The number of nitrogens with zero attached hydrogens (tertiary/aromatic N) is 2. The van der Waals surface area contributed by atoms with Crippen molar-refractivity contribution in [3.63, 3.8) is 0 Å². The number of nitrogens with one attached hydrogen (secondary N) is 1. The van der Waals surface area contributed by atoms with E-state index >= 15 is 0 Å². The number of pyridine rings is 1. The van der Waals surface area contributed by atoms with Crippen LogP contribution in [0.25, 0.3) is 0 Å². The van der Waals surface area contributed by atoms with Gasteiger partial charge in [0.1, 0.15) is 0 Å². The summed E-state index contributed by atoms with van der Waals surface area (Å²) >= 11 is 0. The highest BCUT2D eigenvalue weighted by molar-refractivity contribution is 5.10. The molecule has 0 aliphatic carbocycles. The minimum atomic E-state index is 0.458. The summed E-state index contributed by atoms with van der Waals surface area (Å²) in [5.74, 6) is 0. The lowest BCUT2D eigenvalue weighted by atomic mass is 10.1. The molecule has 1 N–H and O–H groups in total. The summed E-state index contributed by atoms with van der Waals surface area (Å²) in [6, 6.07) is 6.63. The minimum Gasteiger partial charge on any atom is -0.313 e. The summed E-state index contributed by atoms with van der Waals surface area (Å²) in [5, 5.41) is 3.44. The van der Waals surface area contributed by atoms with Gasteiger partial charge in [0.15, 0.2) is 0 Å². The molecular formula is C12H19N3. The highest BCUT2D eigenvalue weighted by Crippen LogP contribution is 2.19. The fraction of sp³-hybridized carbons (Fsp3) is 0.583. The van der Waals surface area contributed by atoms with E-state index in [4.69, 9.17) is 0 Å². The molecule has 1 fully saturated rings. The molecule has 1 atom stereocenters. The average molecular weight is 205 g/mol. The van der Waals surface area contributed by atoms with Gasteiger partial charge < -0.3 is 5.32 Å². The van der Waals surface area contributed by atoms with Crippen molar-refractivity contribution in [3.8, 4) is 0 Å². The molecular weight excluding hydrogens is 186 g/mol. The second kappa shape index (κ2) is 5.24. The first-order valence-corrected chi connectivity index (χ1v) is 5.77. The molecule has 0 aromatic carbocycles. The molecule has 1 aliphatic heterocycles. The van der Waals surface area contributed by atoms with E-state index in [0.717, 1.165) is 19.6 Å². The van der Waals surface area contributed by atoms with Gasteiger partial charge in [0, 0.05) is 25.8 Å². The molecule has 1 aliphatic rings. The minimum absolute atomic E-state index is 0.458. The Bertz CT molecular complexity index is 284. The first kappa shape index (κ1) is 10.6. The molecule has 82 valence electrons. The predicted molar refractivity (Wildman–Crippen MR) is 61.7 cm³/mol. The van der Waals surface area contributed by atoms with E-state index in [-0.39, 0.29) is 0 Å². The summed E-state index contributed by atoms with van der Waals surface area (Å²) in [5.41, 5.74) is 1.19. The maximum Gasteiger partial charge on any atom is 0.0647 e. The molecule has 0 spiro atoms. The molecule has 0 radical (unpaired) electrons. The Balaban J connectivity index is 2.11. The van der Waals surface area contributed by atoms with Crippen LogP contribution in [0.2, 0.25) is 0 Å². The zero-order valence-corrected chi connectivity index (χ0v) is 9.32. The van der Waals surface area contributed by atoms with E-state index < -0.39 is 0 Å². The summed E-state index contributed by atoms with van der Waals surface area (Å²) in [6.45, 7) is 6.66. The molecule has 0 saturated carbocycles. The lowest BCUT2D eigenvalue weighted by molar-refractivity contribution is 0.159. The van der Waals surface area contributed by atoms with Crippen LogP contribution in [0.15, 0.2) is 24.4 Å². The zero-order valence-electron chi connectivity index (χ0n) is 9.32. The Kier molecular flexibility index (Phi) is 3.69. The maximum absolute atomic E-state index is 4.45. The van der Waals surface area contributed by atoms with Crippen LogP contribution in [0, 0.1) is 0 Å². The normalized spacial score (nSPS) is 22.9. The van der Waals surface area contributed by atoms with Crippen molar-refractivity contribution in [2.45, 2.75) is 19.4 Å². The highest BCUT2D eigenvalue weighted by Gasteiger charge is 2.23. The van der Waals surface area contributed by atoms with Crippen molar-refractivity contribution in [3.05, 3.63) is 30.1 Å². The molecule has 0 amide bonds. The van der Waals surface area contributed by atoms with E-state index in [1.165, 1.54) is 18.7 Å². The van der Waals surface area contributed by atoms with Crippen molar-refractivity contribution in [2.24, 2.45) is 0 Å². The Hall–Kier alpha value is -0.930. The number of aromatic nitrogens is 1. The summed E-state index contributed by atoms with van der Waals surface area (Å²) < 4.78 is 0. The van der Waals surface area contributed by atoms with E-state index in [1.54, 1.807) is 0 Å². The number of hydrogen-bond acceptors (Lipinski definition) is 3. The van der Waals surface area contributed by atoms with Gasteiger partial charge in [-0.3, -0.25) is 9.88 Å². The molecule has 1 unspecified atom stereocenters. The SMILES string of the molecule is CCCN1CCNCC1c1ccccn1. The van der Waals surface area contributed by atoms with Crippen LogP contribution in [0.5, 0.6) is 0 Å². The van der Waals surface area contributed by atoms with Gasteiger partial charge in [-0.25, -0.2) is 0 Å². The second-order valence-corrected chi connectivity index (χ2v) is 4.01. The number of piperazine rings is 1. The topological polar surface area (TPSA) is 28.2 Å². The lowest BCUT2D eigenvalue weighted by Crippen LogP contribution is -2.46. The standard InChI is InChI=1S/C12H19N3/c1-2-8-15-9-7-13-10-12(15)11-5-3-4-6-14-11/h3-6,12-13H,2,7-10H2,1H3. The van der Waals surface area contributed by atoms with Gasteiger partial charge in [0.05, 0.1) is 11.7 Å². The zero-order chi connectivity index (χ0) is 10.5. The van der Waals surface area contributed by atoms with Crippen LogP contribution in [-0.4, -0.2) is 36.1 Å². The molecule has 15 heavy (non-hydrogen) atoms. The average Bonchev–Trinajstić information content (AvgIpc) is 2.31. The summed E-state index contributed by atoms with van der Waals surface area (Å²) in [6.07, 6.45) is 3.09. The fourth-order valence-corrected chi connectivity index (χ4v) is 2.17. The summed E-state index contributed by atoms with van der Waals surface area (Å²) in [7, 11) is 0. The van der Waals surface area contributed by atoms with Crippen molar-refractivity contribution >= 4 is 0 Å². The Morgan fingerprint density at radius 3 is 3.20 bits per heavy atom. The Morgan fingerprint density at radius 2 is 2.47 bits per heavy atom. The van der Waals surface area contributed by atoms with Gasteiger partial charge in [-0.15, -0.1) is 0 Å². The summed E-state index contributed by atoms with van der Waals surface area (Å²) in [4.78, 5) is 6.98. The van der Waals surface area contributed by atoms with Crippen molar-refractivity contribution < 1.29 is 0 Å². The third-order valence-electron chi connectivity index (χ3n) is 2.89. The maximum atomic E-state index is 4.45. The Morgan fingerprint density at radius 1 is 1.53 bits per heavy atom. The van der Waals surface area contributed by atoms with Gasteiger partial charge in [-0.2, -0.15) is 0 Å². The van der Waals surface area contributed by atoms with Crippen molar-refractivity contribution in [1.29, 1.82) is 0 Å². The van der Waals surface area contributed by atoms with Crippen LogP contribution in [0.1, 0.15) is 25.1 Å². The number of hydrogen-bond donors (Lipinski definition) is 1. The smallest absolute Gasteiger partial charge is 0.0647 e. The van der Waals surface area contributed by atoms with Crippen molar-refractivity contribution in [1.82, 2.24) is 15.2 Å². The quantitative estimate of drug-likeness (QED) is 0.809. The van der Waals surface area contributed by atoms with E-state index in [0.29, 0.717) is 6.04 Å². The highest BCUT2D eigenvalue weighted by atomic mass is 15.2. The molecule has 3 nitrogen and oxygen atoms in total. The second-order valence-electron chi connectivity index (χ2n) is 4.01. The van der Waals surface area contributed by atoms with Crippen LogP contribution in [0.3, 0.4) is 0 Å². The molecule has 1 aromatic heterocycles. The first-order chi connectivity index (χ1) is 7.42. The number of rotatable bonds is 3. The molecule has 2 heterocycles. The fourth-order valence-electron chi connectivity index (χ4n) is 2.17. The van der Waals surface area contributed by atoms with Crippen LogP contribution >= 0.6 is 0 Å². The molecule has 3 heteroatoms. The molecule has 1 saturated heterocycles. The first-order valence-electron chi connectivity index (χ1n) is 5.77. The van der Waals surface area contributed by atoms with Gasteiger partial charge in [0.2, 0.25) is 0 Å². The third kappa shape index (κ3) is 2.55. The largest absolute Gasteiger partial charge is 0.313 e. The van der Waals surface area contributed by atoms with Crippen LogP contribution < -0.4 is 5.32 Å². The molecule has 2 rings (SSSR count). The monoisotopic (exact) mass is 205 g/mol. The van der Waals surface area contributed by atoms with Gasteiger partial charge in [-0.05, 0) is 25.1 Å². The lowest BCUT2D eigenvalue weighted by Gasteiger charge is -2.35. The molecule has 1 aromatic rings. The van der Waals surface area contributed by atoms with Gasteiger partial charge >= 0.3 is 0 Å². The predicted octanol–water partition coefficient (Wildman–Crippen LogP) is 1.44. The van der Waals surface area contributed by atoms with Crippen molar-refractivity contribution in [2.75, 3.05) is 26.2 Å². The molecule has 0 bridgehead atoms. The Labute approximate surface area is 91.5 Å².